The van der Waals surface area contributed by atoms with Gasteiger partial charge in [0.2, 0.25) is 0 Å². The van der Waals surface area contributed by atoms with Crippen molar-refractivity contribution in [3.63, 3.8) is 0 Å². The van der Waals surface area contributed by atoms with Gasteiger partial charge in [-0.15, -0.1) is 0 Å². The third-order valence-corrected chi connectivity index (χ3v) is 3.52. The molecule has 20 heavy (non-hydrogen) atoms. The lowest BCUT2D eigenvalue weighted by molar-refractivity contribution is -0.140. The molecule has 1 aromatic heterocycles. The number of para-hydroxylation sites is 1. The minimum absolute atomic E-state index is 0.000286. The topological polar surface area (TPSA) is 62.2 Å². The normalized spacial score (nSPS) is 12.8. The first-order valence-corrected chi connectivity index (χ1v) is 6.87. The molecule has 2 rings (SSSR count). The van der Waals surface area contributed by atoms with E-state index < -0.39 is 12.0 Å². The number of carbonyl (C=O) groups is 1. The van der Waals surface area contributed by atoms with E-state index in [0.29, 0.717) is 11.7 Å². The SMILES string of the molecule is CC(C)[C@H](NCc1cc2ccccc2nc1Cl)C(=O)O. The number of rotatable bonds is 5. The fourth-order valence-electron chi connectivity index (χ4n) is 2.09. The van der Waals surface area contributed by atoms with Gasteiger partial charge >= 0.3 is 5.97 Å². The Morgan fingerprint density at radius 3 is 2.75 bits per heavy atom. The Hall–Kier alpha value is -1.65. The predicted molar refractivity (Wildman–Crippen MR) is 79.9 cm³/mol. The van der Waals surface area contributed by atoms with Crippen LogP contribution in [0.15, 0.2) is 30.3 Å². The number of fused-ring (bicyclic) bond motifs is 1. The summed E-state index contributed by atoms with van der Waals surface area (Å²) in [5.41, 5.74) is 1.64. The van der Waals surface area contributed by atoms with Gasteiger partial charge in [0.25, 0.3) is 0 Å². The average molecular weight is 293 g/mol. The van der Waals surface area contributed by atoms with Crippen LogP contribution in [0, 0.1) is 5.92 Å². The molecule has 2 aromatic rings. The van der Waals surface area contributed by atoms with Crippen molar-refractivity contribution >= 4 is 28.5 Å². The van der Waals surface area contributed by atoms with Crippen LogP contribution in [0.4, 0.5) is 0 Å². The van der Waals surface area contributed by atoms with E-state index in [1.807, 2.05) is 44.2 Å². The van der Waals surface area contributed by atoms with Crippen LogP contribution in [0.2, 0.25) is 5.15 Å². The fourth-order valence-corrected chi connectivity index (χ4v) is 2.30. The zero-order valence-corrected chi connectivity index (χ0v) is 12.2. The molecular formula is C15H17ClN2O2. The van der Waals surface area contributed by atoms with E-state index in [0.717, 1.165) is 16.5 Å². The summed E-state index contributed by atoms with van der Waals surface area (Å²) in [5, 5.41) is 13.6. The summed E-state index contributed by atoms with van der Waals surface area (Å²) in [4.78, 5) is 15.5. The number of halogens is 1. The van der Waals surface area contributed by atoms with Gasteiger partial charge in [-0.05, 0) is 18.1 Å². The second-order valence-electron chi connectivity index (χ2n) is 5.07. The first kappa shape index (κ1) is 14.8. The van der Waals surface area contributed by atoms with Crippen LogP contribution in [0.5, 0.6) is 0 Å². The third-order valence-electron chi connectivity index (χ3n) is 3.20. The van der Waals surface area contributed by atoms with Crippen molar-refractivity contribution in [3.05, 3.63) is 41.0 Å². The van der Waals surface area contributed by atoms with Crippen LogP contribution in [0.25, 0.3) is 10.9 Å². The molecule has 0 saturated heterocycles. The van der Waals surface area contributed by atoms with E-state index in [4.69, 9.17) is 16.7 Å². The van der Waals surface area contributed by atoms with Crippen LogP contribution in [0.1, 0.15) is 19.4 Å². The quantitative estimate of drug-likeness (QED) is 0.831. The molecule has 0 saturated carbocycles. The highest BCUT2D eigenvalue weighted by atomic mass is 35.5. The van der Waals surface area contributed by atoms with Crippen LogP contribution >= 0.6 is 11.6 Å². The summed E-state index contributed by atoms with van der Waals surface area (Å²) in [6.45, 7) is 4.11. The van der Waals surface area contributed by atoms with Gasteiger partial charge in [0.05, 0.1) is 5.52 Å². The second kappa shape index (κ2) is 6.20. The standard InChI is InChI=1S/C15H17ClN2O2/c1-9(2)13(15(19)20)17-8-11-7-10-5-3-4-6-12(10)18-14(11)16/h3-7,9,13,17H,8H2,1-2H3,(H,19,20)/t13-/m0/s1. The number of hydrogen-bond donors (Lipinski definition) is 2. The summed E-state index contributed by atoms with van der Waals surface area (Å²) in [5.74, 6) is -0.857. The molecule has 0 amide bonds. The van der Waals surface area contributed by atoms with Gasteiger partial charge in [-0.1, -0.05) is 43.6 Å². The summed E-state index contributed by atoms with van der Waals surface area (Å²) < 4.78 is 0. The zero-order valence-electron chi connectivity index (χ0n) is 11.4. The van der Waals surface area contributed by atoms with Crippen molar-refractivity contribution in [2.75, 3.05) is 0 Å². The number of nitrogens with zero attached hydrogens (tertiary/aromatic N) is 1. The average Bonchev–Trinajstić information content (AvgIpc) is 2.38. The summed E-state index contributed by atoms with van der Waals surface area (Å²) in [7, 11) is 0. The number of benzene rings is 1. The highest BCUT2D eigenvalue weighted by Crippen LogP contribution is 2.20. The van der Waals surface area contributed by atoms with Crippen molar-refractivity contribution in [2.24, 2.45) is 5.92 Å². The van der Waals surface area contributed by atoms with Gasteiger partial charge in [0.1, 0.15) is 11.2 Å². The second-order valence-corrected chi connectivity index (χ2v) is 5.43. The van der Waals surface area contributed by atoms with E-state index in [1.54, 1.807) is 0 Å². The fraction of sp³-hybridized carbons (Fsp3) is 0.333. The van der Waals surface area contributed by atoms with Gasteiger partial charge < -0.3 is 5.11 Å². The predicted octanol–water partition coefficient (Wildman–Crippen LogP) is 3.09. The smallest absolute Gasteiger partial charge is 0.320 e. The minimum Gasteiger partial charge on any atom is -0.480 e. The number of pyridine rings is 1. The van der Waals surface area contributed by atoms with E-state index in [1.165, 1.54) is 0 Å². The van der Waals surface area contributed by atoms with Gasteiger partial charge in [0.15, 0.2) is 0 Å². The molecule has 0 spiro atoms. The van der Waals surface area contributed by atoms with E-state index in [9.17, 15) is 4.79 Å². The van der Waals surface area contributed by atoms with Crippen molar-refractivity contribution in [3.8, 4) is 0 Å². The third kappa shape index (κ3) is 3.26. The number of carboxylic acids is 1. The molecule has 0 radical (unpaired) electrons. The van der Waals surface area contributed by atoms with Gasteiger partial charge in [0, 0.05) is 17.5 Å². The number of nitrogens with one attached hydrogen (secondary N) is 1. The molecule has 106 valence electrons. The maximum absolute atomic E-state index is 11.1. The van der Waals surface area contributed by atoms with Crippen LogP contribution in [-0.4, -0.2) is 22.1 Å². The van der Waals surface area contributed by atoms with E-state index in [-0.39, 0.29) is 5.92 Å². The lowest BCUT2D eigenvalue weighted by Gasteiger charge is -2.18. The van der Waals surface area contributed by atoms with Crippen molar-refractivity contribution in [2.45, 2.75) is 26.4 Å². The Morgan fingerprint density at radius 2 is 2.10 bits per heavy atom. The van der Waals surface area contributed by atoms with Gasteiger partial charge in [-0.3, -0.25) is 10.1 Å². The van der Waals surface area contributed by atoms with Crippen molar-refractivity contribution in [1.29, 1.82) is 0 Å². The molecule has 1 atom stereocenters. The number of aliphatic carboxylic acids is 1. The Kier molecular flexibility index (Phi) is 4.57. The maximum Gasteiger partial charge on any atom is 0.320 e. The molecule has 0 unspecified atom stereocenters. The molecular weight excluding hydrogens is 276 g/mol. The molecule has 0 aliphatic heterocycles. The van der Waals surface area contributed by atoms with E-state index >= 15 is 0 Å². The number of aromatic nitrogens is 1. The largest absolute Gasteiger partial charge is 0.480 e. The molecule has 0 aliphatic rings. The molecule has 0 bridgehead atoms. The molecule has 2 N–H and O–H groups in total. The van der Waals surface area contributed by atoms with Gasteiger partial charge in [-0.2, -0.15) is 0 Å². The number of carboxylic acid groups (broad SMARTS) is 1. The van der Waals surface area contributed by atoms with E-state index in [2.05, 4.69) is 10.3 Å². The zero-order chi connectivity index (χ0) is 14.7. The monoisotopic (exact) mass is 292 g/mol. The lowest BCUT2D eigenvalue weighted by atomic mass is 10.0. The maximum atomic E-state index is 11.1. The molecule has 5 heteroatoms. The Morgan fingerprint density at radius 1 is 1.40 bits per heavy atom. The molecule has 0 fully saturated rings. The Labute approximate surface area is 122 Å². The highest BCUT2D eigenvalue weighted by molar-refractivity contribution is 6.30. The first-order chi connectivity index (χ1) is 9.49. The lowest BCUT2D eigenvalue weighted by Crippen LogP contribution is -2.40. The molecule has 0 aliphatic carbocycles. The van der Waals surface area contributed by atoms with Crippen LogP contribution < -0.4 is 5.32 Å². The Balaban J connectivity index is 2.21. The van der Waals surface area contributed by atoms with Crippen molar-refractivity contribution < 1.29 is 9.90 Å². The molecule has 4 nitrogen and oxygen atoms in total. The number of hydrogen-bond acceptors (Lipinski definition) is 3. The van der Waals surface area contributed by atoms with Crippen LogP contribution in [-0.2, 0) is 11.3 Å². The first-order valence-electron chi connectivity index (χ1n) is 6.49. The Bertz CT molecular complexity index is 628. The molecule has 1 aromatic carbocycles. The van der Waals surface area contributed by atoms with Gasteiger partial charge in [-0.25, -0.2) is 4.98 Å². The summed E-state index contributed by atoms with van der Waals surface area (Å²) in [6, 6.07) is 9.03. The summed E-state index contributed by atoms with van der Waals surface area (Å²) >= 11 is 6.15. The molecule has 1 heterocycles. The highest BCUT2D eigenvalue weighted by Gasteiger charge is 2.20. The van der Waals surface area contributed by atoms with Crippen LogP contribution in [0.3, 0.4) is 0 Å². The van der Waals surface area contributed by atoms with Crippen molar-refractivity contribution in [1.82, 2.24) is 10.3 Å². The summed E-state index contributed by atoms with van der Waals surface area (Å²) in [6.07, 6.45) is 0. The minimum atomic E-state index is -0.857.